The van der Waals surface area contributed by atoms with Gasteiger partial charge in [-0.2, -0.15) is 4.31 Å². The Morgan fingerprint density at radius 2 is 2.00 bits per heavy atom. The van der Waals surface area contributed by atoms with Gasteiger partial charge in [-0.15, -0.1) is 0 Å². The summed E-state index contributed by atoms with van der Waals surface area (Å²) in [6.07, 6.45) is 2.21. The summed E-state index contributed by atoms with van der Waals surface area (Å²) < 4.78 is 26.5. The van der Waals surface area contributed by atoms with Crippen molar-refractivity contribution in [3.63, 3.8) is 0 Å². The van der Waals surface area contributed by atoms with Crippen molar-refractivity contribution in [2.75, 3.05) is 13.1 Å². The lowest BCUT2D eigenvalue weighted by Crippen LogP contribution is -2.40. The molecule has 0 aliphatic carbocycles. The number of H-pyrrole nitrogens is 2. The van der Waals surface area contributed by atoms with Crippen molar-refractivity contribution in [3.05, 3.63) is 28.7 Å². The zero-order valence-corrected chi connectivity index (χ0v) is 12.0. The molecule has 7 nitrogen and oxygen atoms in total. The van der Waals surface area contributed by atoms with Gasteiger partial charge in [-0.1, -0.05) is 0 Å². The number of carbonyl (C=O) groups excluding carboxylic acids is 1. The third-order valence-corrected chi connectivity index (χ3v) is 5.60. The van der Waals surface area contributed by atoms with Crippen LogP contribution in [0.2, 0.25) is 0 Å². The van der Waals surface area contributed by atoms with Crippen LogP contribution in [0.1, 0.15) is 12.8 Å². The van der Waals surface area contributed by atoms with Crippen LogP contribution < -0.4 is 5.69 Å². The van der Waals surface area contributed by atoms with Gasteiger partial charge in [-0.3, -0.25) is 0 Å². The number of piperidine rings is 1. The predicted octanol–water partition coefficient (Wildman–Crippen LogP) is 0.456. The van der Waals surface area contributed by atoms with Gasteiger partial charge in [0.15, 0.2) is 0 Å². The van der Waals surface area contributed by atoms with Gasteiger partial charge in [-0.25, -0.2) is 13.2 Å². The summed E-state index contributed by atoms with van der Waals surface area (Å²) in [6.45, 7) is 0.627. The fourth-order valence-electron chi connectivity index (χ4n) is 2.62. The number of hydrogen-bond donors (Lipinski definition) is 2. The number of sulfonamides is 1. The number of imidazole rings is 1. The maximum absolute atomic E-state index is 12.6. The molecular weight excluding hydrogens is 294 g/mol. The number of nitrogens with one attached hydrogen (secondary N) is 2. The van der Waals surface area contributed by atoms with Crippen LogP contribution in [-0.4, -0.2) is 42.1 Å². The highest BCUT2D eigenvalue weighted by Gasteiger charge is 2.30. The lowest BCUT2D eigenvalue weighted by atomic mass is 10.0. The molecule has 2 N–H and O–H groups in total. The lowest BCUT2D eigenvalue weighted by molar-refractivity contribution is -0.112. The lowest BCUT2D eigenvalue weighted by Gasteiger charge is -2.29. The second-order valence-electron chi connectivity index (χ2n) is 5.19. The quantitative estimate of drug-likeness (QED) is 0.804. The minimum atomic E-state index is -3.65. The molecule has 1 aliphatic heterocycles. The van der Waals surface area contributed by atoms with E-state index in [1.54, 1.807) is 6.07 Å². The van der Waals surface area contributed by atoms with Crippen molar-refractivity contribution in [1.29, 1.82) is 0 Å². The van der Waals surface area contributed by atoms with Crippen LogP contribution in [0.3, 0.4) is 0 Å². The largest absolute Gasteiger partial charge is 0.323 e. The van der Waals surface area contributed by atoms with E-state index >= 15 is 0 Å². The standard InChI is InChI=1S/C13H15N3O4S/c17-8-9-2-1-5-16(7-9)21(19,20)10-3-4-11-12(6-10)15-13(18)14-11/h3-4,6,8-9H,1-2,5,7H2,(H2,14,15,18). The predicted molar refractivity (Wildman–Crippen MR) is 76.5 cm³/mol. The van der Waals surface area contributed by atoms with Crippen molar-refractivity contribution in [1.82, 2.24) is 14.3 Å². The Labute approximate surface area is 121 Å². The first-order valence-corrected chi connectivity index (χ1v) is 8.12. The molecule has 1 aromatic heterocycles. The van der Waals surface area contributed by atoms with Crippen molar-refractivity contribution < 1.29 is 13.2 Å². The minimum absolute atomic E-state index is 0.122. The third kappa shape index (κ3) is 2.52. The summed E-state index contributed by atoms with van der Waals surface area (Å²) in [5.41, 5.74) is 0.631. The number of benzene rings is 1. The van der Waals surface area contributed by atoms with Gasteiger partial charge in [0.05, 0.1) is 15.9 Å². The second-order valence-corrected chi connectivity index (χ2v) is 7.13. The molecule has 1 atom stereocenters. The Balaban J connectivity index is 1.99. The van der Waals surface area contributed by atoms with E-state index in [0.29, 0.717) is 24.0 Å². The highest BCUT2D eigenvalue weighted by atomic mass is 32.2. The number of aromatic amines is 2. The Bertz CT molecular complexity index is 836. The summed E-state index contributed by atoms with van der Waals surface area (Å²) in [5, 5.41) is 0. The molecule has 2 aromatic rings. The topological polar surface area (TPSA) is 103 Å². The van der Waals surface area contributed by atoms with Gasteiger partial charge in [0, 0.05) is 19.0 Å². The molecule has 0 bridgehead atoms. The molecule has 1 unspecified atom stereocenters. The molecular formula is C13H15N3O4S. The summed E-state index contributed by atoms with van der Waals surface area (Å²) in [5.74, 6) is -0.246. The zero-order chi connectivity index (χ0) is 15.0. The molecule has 112 valence electrons. The van der Waals surface area contributed by atoms with Crippen LogP contribution in [0.15, 0.2) is 27.9 Å². The first-order valence-electron chi connectivity index (χ1n) is 6.68. The molecule has 0 radical (unpaired) electrons. The smallest absolute Gasteiger partial charge is 0.306 e. The average molecular weight is 309 g/mol. The third-order valence-electron chi connectivity index (χ3n) is 3.74. The van der Waals surface area contributed by atoms with E-state index in [9.17, 15) is 18.0 Å². The second kappa shape index (κ2) is 5.12. The zero-order valence-electron chi connectivity index (χ0n) is 11.2. The number of hydrogen-bond acceptors (Lipinski definition) is 4. The van der Waals surface area contributed by atoms with Gasteiger partial charge in [0.2, 0.25) is 10.0 Å². The molecule has 1 fully saturated rings. The maximum Gasteiger partial charge on any atom is 0.323 e. The van der Waals surface area contributed by atoms with Gasteiger partial charge in [-0.05, 0) is 31.0 Å². The Morgan fingerprint density at radius 1 is 1.24 bits per heavy atom. The molecule has 21 heavy (non-hydrogen) atoms. The SMILES string of the molecule is O=CC1CCCN(S(=O)(=O)c2ccc3[nH]c(=O)[nH]c3c2)C1. The number of aldehydes is 1. The highest BCUT2D eigenvalue weighted by Crippen LogP contribution is 2.24. The average Bonchev–Trinajstić information content (AvgIpc) is 2.86. The van der Waals surface area contributed by atoms with Crippen LogP contribution >= 0.6 is 0 Å². The first kappa shape index (κ1) is 14.0. The fraction of sp³-hybridized carbons (Fsp3) is 0.385. The Hall–Kier alpha value is -1.93. The van der Waals surface area contributed by atoms with Crippen molar-refractivity contribution >= 4 is 27.3 Å². The highest BCUT2D eigenvalue weighted by molar-refractivity contribution is 7.89. The van der Waals surface area contributed by atoms with Crippen molar-refractivity contribution in [2.45, 2.75) is 17.7 Å². The maximum atomic E-state index is 12.6. The Morgan fingerprint density at radius 3 is 2.76 bits per heavy atom. The molecule has 1 aromatic carbocycles. The van der Waals surface area contributed by atoms with Crippen LogP contribution in [-0.2, 0) is 14.8 Å². The first-order chi connectivity index (χ1) is 10.0. The number of aromatic nitrogens is 2. The van der Waals surface area contributed by atoms with Gasteiger partial charge in [0.25, 0.3) is 0 Å². The molecule has 2 heterocycles. The van der Waals surface area contributed by atoms with Crippen LogP contribution in [0.4, 0.5) is 0 Å². The normalized spacial score (nSPS) is 20.7. The summed E-state index contributed by atoms with van der Waals surface area (Å²) in [4.78, 5) is 27.3. The molecule has 3 rings (SSSR count). The number of fused-ring (bicyclic) bond motifs is 1. The van der Waals surface area contributed by atoms with E-state index in [4.69, 9.17) is 0 Å². The summed E-state index contributed by atoms with van der Waals surface area (Å²) >= 11 is 0. The molecule has 0 spiro atoms. The molecule has 1 aliphatic rings. The Kier molecular flexibility index (Phi) is 3.42. The van der Waals surface area contributed by atoms with E-state index in [1.807, 2.05) is 0 Å². The van der Waals surface area contributed by atoms with E-state index in [0.717, 1.165) is 12.7 Å². The molecule has 1 saturated heterocycles. The summed E-state index contributed by atoms with van der Waals surface area (Å²) in [7, 11) is -3.65. The van der Waals surface area contributed by atoms with E-state index in [-0.39, 0.29) is 23.0 Å². The van der Waals surface area contributed by atoms with Gasteiger partial charge in [0.1, 0.15) is 6.29 Å². The van der Waals surface area contributed by atoms with Crippen molar-refractivity contribution in [3.8, 4) is 0 Å². The molecule has 0 amide bonds. The molecule has 0 saturated carbocycles. The van der Waals surface area contributed by atoms with Crippen LogP contribution in [0.25, 0.3) is 11.0 Å². The van der Waals surface area contributed by atoms with Crippen LogP contribution in [0.5, 0.6) is 0 Å². The number of rotatable bonds is 3. The van der Waals surface area contributed by atoms with E-state index in [1.165, 1.54) is 16.4 Å². The van der Waals surface area contributed by atoms with Crippen LogP contribution in [0, 0.1) is 5.92 Å². The fourth-order valence-corrected chi connectivity index (χ4v) is 4.19. The monoisotopic (exact) mass is 309 g/mol. The van der Waals surface area contributed by atoms with Gasteiger partial charge >= 0.3 is 5.69 Å². The number of nitrogens with zero attached hydrogens (tertiary/aromatic N) is 1. The number of carbonyl (C=O) groups is 1. The van der Waals surface area contributed by atoms with Gasteiger partial charge < -0.3 is 14.8 Å². The van der Waals surface area contributed by atoms with E-state index < -0.39 is 10.0 Å². The minimum Gasteiger partial charge on any atom is -0.306 e. The van der Waals surface area contributed by atoms with Crippen molar-refractivity contribution in [2.24, 2.45) is 5.92 Å². The van der Waals surface area contributed by atoms with E-state index in [2.05, 4.69) is 9.97 Å². The summed E-state index contributed by atoms with van der Waals surface area (Å²) in [6, 6.07) is 4.46. The molecule has 8 heteroatoms.